The molecule has 1 aliphatic heterocycles. The van der Waals surface area contributed by atoms with E-state index in [0.717, 1.165) is 25.0 Å². The van der Waals surface area contributed by atoms with Crippen LogP contribution in [-0.2, 0) is 4.74 Å². The Kier molecular flexibility index (Phi) is 9.79. The lowest BCUT2D eigenvalue weighted by molar-refractivity contribution is -0.143. The highest BCUT2D eigenvalue weighted by molar-refractivity contribution is 14.0. The third-order valence-electron chi connectivity index (χ3n) is 4.30. The van der Waals surface area contributed by atoms with Crippen LogP contribution in [0.15, 0.2) is 4.99 Å². The van der Waals surface area contributed by atoms with Crippen LogP contribution in [0.3, 0.4) is 0 Å². The van der Waals surface area contributed by atoms with Gasteiger partial charge in [0.25, 0.3) is 0 Å². The van der Waals surface area contributed by atoms with Crippen molar-refractivity contribution in [1.29, 1.82) is 0 Å². The van der Waals surface area contributed by atoms with Crippen molar-refractivity contribution in [3.8, 4) is 0 Å². The minimum absolute atomic E-state index is 0. The molecule has 1 aliphatic carbocycles. The molecule has 1 unspecified atom stereocenters. The molecule has 2 fully saturated rings. The first-order valence-electron chi connectivity index (χ1n) is 8.76. The van der Waals surface area contributed by atoms with Crippen LogP contribution < -0.4 is 5.32 Å². The first-order valence-corrected chi connectivity index (χ1v) is 8.76. The molecule has 1 saturated heterocycles. The standard InChI is InChI=1S/C16H29F3N4O.HI/c1-3-20-15(22(2)8-9-24-11-13-4-5-13)21-14-6-7-23(10-14)12-16(17,18)19;/h13-14H,3-12H2,1-2H3,(H,20,21);1H. The van der Waals surface area contributed by atoms with E-state index in [1.54, 1.807) is 0 Å². The first-order chi connectivity index (χ1) is 11.4. The lowest BCUT2D eigenvalue weighted by Gasteiger charge is -2.25. The summed E-state index contributed by atoms with van der Waals surface area (Å²) in [5.74, 6) is 1.49. The van der Waals surface area contributed by atoms with Crippen molar-refractivity contribution in [2.75, 3.05) is 53.0 Å². The number of aliphatic imine (C=N–C) groups is 1. The summed E-state index contributed by atoms with van der Waals surface area (Å²) in [6.07, 6.45) is -0.887. The second kappa shape index (κ2) is 10.8. The van der Waals surface area contributed by atoms with E-state index in [-0.39, 0.29) is 30.0 Å². The molecule has 2 aliphatic rings. The Balaban J connectivity index is 0.00000312. The highest BCUT2D eigenvalue weighted by Gasteiger charge is 2.34. The maximum absolute atomic E-state index is 12.5. The van der Waals surface area contributed by atoms with Crippen LogP contribution in [0.2, 0.25) is 0 Å². The average molecular weight is 478 g/mol. The Morgan fingerprint density at radius 3 is 2.64 bits per heavy atom. The quantitative estimate of drug-likeness (QED) is 0.252. The summed E-state index contributed by atoms with van der Waals surface area (Å²) in [6.45, 7) is 4.80. The van der Waals surface area contributed by atoms with E-state index in [2.05, 4.69) is 10.3 Å². The molecule has 0 radical (unpaired) electrons. The number of guanidine groups is 1. The molecule has 9 heteroatoms. The Morgan fingerprint density at radius 2 is 2.04 bits per heavy atom. The van der Waals surface area contributed by atoms with Crippen molar-refractivity contribution in [2.24, 2.45) is 10.9 Å². The van der Waals surface area contributed by atoms with Gasteiger partial charge in [-0.3, -0.25) is 9.89 Å². The first kappa shape index (κ1) is 22.8. The Morgan fingerprint density at radius 1 is 1.32 bits per heavy atom. The van der Waals surface area contributed by atoms with Gasteiger partial charge in [0.15, 0.2) is 5.96 Å². The van der Waals surface area contributed by atoms with Gasteiger partial charge in [0.2, 0.25) is 0 Å². The lowest BCUT2D eigenvalue weighted by atomic mass is 10.3. The molecule has 0 amide bonds. The predicted octanol–water partition coefficient (Wildman–Crippen LogP) is 2.56. The van der Waals surface area contributed by atoms with Gasteiger partial charge in [0.05, 0.1) is 13.2 Å². The van der Waals surface area contributed by atoms with Gasteiger partial charge in [0, 0.05) is 45.9 Å². The summed E-state index contributed by atoms with van der Waals surface area (Å²) in [7, 11) is 1.93. The predicted molar refractivity (Wildman–Crippen MR) is 104 cm³/mol. The maximum Gasteiger partial charge on any atom is 0.401 e. The van der Waals surface area contributed by atoms with E-state index >= 15 is 0 Å². The fourth-order valence-electron chi connectivity index (χ4n) is 2.80. The molecule has 1 heterocycles. The Bertz CT molecular complexity index is 419. The van der Waals surface area contributed by atoms with Crippen LogP contribution in [0.4, 0.5) is 13.2 Å². The van der Waals surface area contributed by atoms with Gasteiger partial charge in [-0.2, -0.15) is 13.2 Å². The van der Waals surface area contributed by atoms with Crippen molar-refractivity contribution in [3.05, 3.63) is 0 Å². The second-order valence-electron chi connectivity index (χ2n) is 6.72. The molecule has 2 rings (SSSR count). The minimum Gasteiger partial charge on any atom is -0.379 e. The SMILES string of the molecule is CCN=C(NC1CCN(CC(F)(F)F)C1)N(C)CCOCC1CC1.I. The monoisotopic (exact) mass is 478 g/mol. The van der Waals surface area contributed by atoms with E-state index in [1.165, 1.54) is 17.7 Å². The summed E-state index contributed by atoms with van der Waals surface area (Å²) in [4.78, 5) is 7.88. The van der Waals surface area contributed by atoms with Crippen molar-refractivity contribution in [3.63, 3.8) is 0 Å². The molecule has 0 aromatic heterocycles. The maximum atomic E-state index is 12.5. The van der Waals surface area contributed by atoms with Gasteiger partial charge >= 0.3 is 6.18 Å². The normalized spacial score (nSPS) is 22.0. The van der Waals surface area contributed by atoms with Crippen LogP contribution in [0, 0.1) is 5.92 Å². The van der Waals surface area contributed by atoms with E-state index in [4.69, 9.17) is 4.74 Å². The third-order valence-corrected chi connectivity index (χ3v) is 4.30. The summed E-state index contributed by atoms with van der Waals surface area (Å²) < 4.78 is 43.1. The number of nitrogens with zero attached hydrogens (tertiary/aromatic N) is 3. The third kappa shape index (κ3) is 9.28. The van der Waals surface area contributed by atoms with Crippen LogP contribution >= 0.6 is 24.0 Å². The Labute approximate surface area is 165 Å². The van der Waals surface area contributed by atoms with Gasteiger partial charge < -0.3 is 15.0 Å². The second-order valence-corrected chi connectivity index (χ2v) is 6.72. The number of likely N-dealkylation sites (tertiary alicyclic amines) is 1. The van der Waals surface area contributed by atoms with Crippen molar-refractivity contribution in [2.45, 2.75) is 38.4 Å². The summed E-state index contributed by atoms with van der Waals surface area (Å²) in [6, 6.07) is 0.00693. The molecule has 1 saturated carbocycles. The van der Waals surface area contributed by atoms with Gasteiger partial charge in [-0.25, -0.2) is 0 Å². The number of halogens is 4. The van der Waals surface area contributed by atoms with Gasteiger partial charge in [-0.15, -0.1) is 24.0 Å². The van der Waals surface area contributed by atoms with Crippen molar-refractivity contribution < 1.29 is 17.9 Å². The molecule has 0 spiro atoms. The van der Waals surface area contributed by atoms with Gasteiger partial charge in [-0.05, 0) is 32.1 Å². The summed E-state index contributed by atoms with van der Waals surface area (Å²) in [5.41, 5.74) is 0. The number of ether oxygens (including phenoxy) is 1. The zero-order valence-corrected chi connectivity index (χ0v) is 17.3. The van der Waals surface area contributed by atoms with E-state index in [0.29, 0.717) is 32.7 Å². The largest absolute Gasteiger partial charge is 0.401 e. The molecule has 1 N–H and O–H groups in total. The number of alkyl halides is 3. The summed E-state index contributed by atoms with van der Waals surface area (Å²) >= 11 is 0. The fraction of sp³-hybridized carbons (Fsp3) is 0.938. The van der Waals surface area contributed by atoms with Crippen LogP contribution in [0.1, 0.15) is 26.2 Å². The minimum atomic E-state index is -4.13. The zero-order chi connectivity index (χ0) is 17.6. The van der Waals surface area contributed by atoms with Gasteiger partial charge in [0.1, 0.15) is 0 Å². The number of hydrogen-bond donors (Lipinski definition) is 1. The van der Waals surface area contributed by atoms with E-state index in [9.17, 15) is 13.2 Å². The number of likely N-dealkylation sites (N-methyl/N-ethyl adjacent to an activating group) is 1. The van der Waals surface area contributed by atoms with E-state index < -0.39 is 12.7 Å². The Hall–Kier alpha value is -0.290. The average Bonchev–Trinajstić information content (AvgIpc) is 3.22. The highest BCUT2D eigenvalue weighted by Crippen LogP contribution is 2.28. The molecular formula is C16H30F3IN4O. The molecule has 0 aromatic rings. The molecular weight excluding hydrogens is 448 g/mol. The number of rotatable bonds is 8. The zero-order valence-electron chi connectivity index (χ0n) is 15.0. The molecule has 0 bridgehead atoms. The van der Waals surface area contributed by atoms with Crippen LogP contribution in [-0.4, -0.2) is 81.0 Å². The lowest BCUT2D eigenvalue weighted by Crippen LogP contribution is -2.47. The van der Waals surface area contributed by atoms with E-state index in [1.807, 2.05) is 18.9 Å². The van der Waals surface area contributed by atoms with Crippen molar-refractivity contribution >= 4 is 29.9 Å². The van der Waals surface area contributed by atoms with Crippen molar-refractivity contribution in [1.82, 2.24) is 15.1 Å². The molecule has 148 valence electrons. The topological polar surface area (TPSA) is 40.1 Å². The molecule has 1 atom stereocenters. The number of nitrogens with one attached hydrogen (secondary N) is 1. The van der Waals surface area contributed by atoms with Gasteiger partial charge in [-0.1, -0.05) is 0 Å². The number of hydrogen-bond acceptors (Lipinski definition) is 3. The fourth-order valence-corrected chi connectivity index (χ4v) is 2.80. The highest BCUT2D eigenvalue weighted by atomic mass is 127. The molecule has 25 heavy (non-hydrogen) atoms. The summed E-state index contributed by atoms with van der Waals surface area (Å²) in [5, 5.41) is 3.31. The smallest absolute Gasteiger partial charge is 0.379 e. The molecule has 5 nitrogen and oxygen atoms in total. The van der Waals surface area contributed by atoms with Crippen LogP contribution in [0.5, 0.6) is 0 Å². The molecule has 0 aromatic carbocycles. The van der Waals surface area contributed by atoms with Crippen LogP contribution in [0.25, 0.3) is 0 Å².